The first-order valence-electron chi connectivity index (χ1n) is 7.68. The van der Waals surface area contributed by atoms with Crippen molar-refractivity contribution in [1.29, 1.82) is 0 Å². The highest BCUT2D eigenvalue weighted by Crippen LogP contribution is 2.29. The Labute approximate surface area is 137 Å². The van der Waals surface area contributed by atoms with Gasteiger partial charge in [0.25, 0.3) is 5.91 Å². The molecule has 1 aliphatic rings. The Kier molecular flexibility index (Phi) is 3.63. The van der Waals surface area contributed by atoms with E-state index in [1.54, 1.807) is 0 Å². The van der Waals surface area contributed by atoms with Crippen LogP contribution in [0.5, 0.6) is 0 Å². The number of aromatic amines is 1. The summed E-state index contributed by atoms with van der Waals surface area (Å²) in [7, 11) is 0. The molecular weight excluding hydrogens is 310 g/mol. The van der Waals surface area contributed by atoms with Gasteiger partial charge in [-0.2, -0.15) is 0 Å². The van der Waals surface area contributed by atoms with Crippen LogP contribution in [0.1, 0.15) is 39.3 Å². The van der Waals surface area contributed by atoms with Gasteiger partial charge in [0.15, 0.2) is 0 Å². The van der Waals surface area contributed by atoms with Crippen LogP contribution in [0.2, 0.25) is 0 Å². The second-order valence-electron chi connectivity index (χ2n) is 5.72. The first-order chi connectivity index (χ1) is 11.2. The molecule has 23 heavy (non-hydrogen) atoms. The van der Waals surface area contributed by atoms with Gasteiger partial charge in [-0.3, -0.25) is 4.79 Å². The maximum absolute atomic E-state index is 12.2. The topological polar surface area (TPSA) is 67.0 Å². The third kappa shape index (κ3) is 2.87. The van der Waals surface area contributed by atoms with Crippen molar-refractivity contribution in [3.63, 3.8) is 0 Å². The highest BCUT2D eigenvalue weighted by molar-refractivity contribution is 7.14. The molecule has 1 saturated heterocycles. The van der Waals surface area contributed by atoms with Gasteiger partial charge in [-0.1, -0.05) is 0 Å². The second kappa shape index (κ2) is 5.79. The van der Waals surface area contributed by atoms with Gasteiger partial charge in [-0.05, 0) is 50.1 Å². The molecule has 2 N–H and O–H groups in total. The number of aryl methyl sites for hydroxylation is 1. The Morgan fingerprint density at radius 1 is 1.39 bits per heavy atom. The third-order valence-corrected chi connectivity index (χ3v) is 4.96. The predicted octanol–water partition coefficient (Wildman–Crippen LogP) is 4.04. The number of benzene rings is 1. The van der Waals surface area contributed by atoms with E-state index in [4.69, 9.17) is 4.74 Å². The minimum atomic E-state index is -0.0821. The van der Waals surface area contributed by atoms with Crippen molar-refractivity contribution in [2.75, 3.05) is 11.9 Å². The molecule has 0 unspecified atom stereocenters. The van der Waals surface area contributed by atoms with E-state index >= 15 is 0 Å². The van der Waals surface area contributed by atoms with Crippen LogP contribution in [0.15, 0.2) is 30.3 Å². The van der Waals surface area contributed by atoms with E-state index in [-0.39, 0.29) is 12.0 Å². The third-order valence-electron chi connectivity index (χ3n) is 3.96. The number of hydrogen-bond acceptors (Lipinski definition) is 4. The summed E-state index contributed by atoms with van der Waals surface area (Å²) in [5, 5.41) is 2.93. The molecule has 0 radical (unpaired) electrons. The molecule has 0 bridgehead atoms. The van der Waals surface area contributed by atoms with E-state index in [9.17, 15) is 4.79 Å². The molecule has 6 heteroatoms. The normalized spacial score (nSPS) is 17.7. The highest BCUT2D eigenvalue weighted by Gasteiger charge is 2.21. The fraction of sp³-hybridized carbons (Fsp3) is 0.294. The summed E-state index contributed by atoms with van der Waals surface area (Å²) in [5.41, 5.74) is 2.56. The highest BCUT2D eigenvalue weighted by atomic mass is 32.1. The first kappa shape index (κ1) is 14.4. The van der Waals surface area contributed by atoms with Crippen LogP contribution < -0.4 is 5.32 Å². The maximum Gasteiger partial charge on any atom is 0.265 e. The van der Waals surface area contributed by atoms with E-state index in [2.05, 4.69) is 15.3 Å². The molecule has 0 aliphatic carbocycles. The van der Waals surface area contributed by atoms with Gasteiger partial charge < -0.3 is 15.0 Å². The molecule has 1 amide bonds. The lowest BCUT2D eigenvalue weighted by Crippen LogP contribution is -2.09. The number of aromatic nitrogens is 2. The molecule has 4 rings (SSSR count). The molecule has 2 aromatic heterocycles. The minimum absolute atomic E-state index is 0.0644. The summed E-state index contributed by atoms with van der Waals surface area (Å²) in [6.45, 7) is 2.79. The fourth-order valence-electron chi connectivity index (χ4n) is 2.80. The fourth-order valence-corrected chi connectivity index (χ4v) is 3.56. The molecule has 0 saturated carbocycles. The Balaban J connectivity index is 1.57. The van der Waals surface area contributed by atoms with E-state index in [0.29, 0.717) is 4.88 Å². The van der Waals surface area contributed by atoms with Crippen LogP contribution in [0.25, 0.3) is 11.0 Å². The number of nitrogens with zero attached hydrogens (tertiary/aromatic N) is 1. The number of thiophene rings is 1. The molecule has 1 aliphatic heterocycles. The van der Waals surface area contributed by atoms with Crippen molar-refractivity contribution in [3.05, 3.63) is 45.9 Å². The summed E-state index contributed by atoms with van der Waals surface area (Å²) < 4.78 is 5.66. The van der Waals surface area contributed by atoms with Crippen molar-refractivity contribution < 1.29 is 9.53 Å². The summed E-state index contributed by atoms with van der Waals surface area (Å²) in [5.74, 6) is 0.788. The molecular formula is C17H17N3O2S. The number of ether oxygens (including phenoxy) is 1. The number of H-pyrrole nitrogens is 1. The smallest absolute Gasteiger partial charge is 0.265 e. The van der Waals surface area contributed by atoms with E-state index < -0.39 is 0 Å². The predicted molar refractivity (Wildman–Crippen MR) is 91.0 cm³/mol. The number of hydrogen-bond donors (Lipinski definition) is 2. The number of carbonyl (C=O) groups excluding carboxylic acids is 1. The number of fused-ring (bicyclic) bond motifs is 1. The van der Waals surface area contributed by atoms with E-state index in [1.165, 1.54) is 11.3 Å². The van der Waals surface area contributed by atoms with Crippen LogP contribution >= 0.6 is 11.3 Å². The lowest BCUT2D eigenvalue weighted by Gasteiger charge is -2.03. The molecule has 3 aromatic rings. The lowest BCUT2D eigenvalue weighted by atomic mass is 10.2. The Hall–Kier alpha value is -2.18. The van der Waals surface area contributed by atoms with Crippen LogP contribution in [0, 0.1) is 6.92 Å². The molecule has 1 fully saturated rings. The van der Waals surface area contributed by atoms with Crippen LogP contribution in [-0.4, -0.2) is 22.5 Å². The second-order valence-corrected chi connectivity index (χ2v) is 7.01. The summed E-state index contributed by atoms with van der Waals surface area (Å²) >= 11 is 1.49. The average Bonchev–Trinajstić information content (AvgIpc) is 3.26. The summed E-state index contributed by atoms with van der Waals surface area (Å²) in [6.07, 6.45) is 2.14. The number of anilines is 1. The van der Waals surface area contributed by atoms with E-state index in [1.807, 2.05) is 37.3 Å². The zero-order valence-corrected chi connectivity index (χ0v) is 13.6. The Bertz CT molecular complexity index is 862. The molecule has 118 valence electrons. The standard InChI is InChI=1S/C17H17N3O2S/c1-10-4-7-15(23-10)17(21)18-11-5-6-12-13(9-11)20-16(19-12)14-3-2-8-22-14/h4-7,9,14H,2-3,8H2,1H3,(H,18,21)(H,19,20)/t14-/m1/s1. The van der Waals surface area contributed by atoms with Crippen molar-refractivity contribution in [3.8, 4) is 0 Å². The zero-order valence-electron chi connectivity index (χ0n) is 12.8. The lowest BCUT2D eigenvalue weighted by molar-refractivity contribution is 0.103. The van der Waals surface area contributed by atoms with Crippen LogP contribution in [-0.2, 0) is 4.74 Å². The summed E-state index contributed by atoms with van der Waals surface area (Å²) in [4.78, 5) is 22.0. The van der Waals surface area contributed by atoms with Crippen molar-refractivity contribution >= 4 is 34.0 Å². The largest absolute Gasteiger partial charge is 0.370 e. The van der Waals surface area contributed by atoms with Crippen molar-refractivity contribution in [2.45, 2.75) is 25.9 Å². The van der Waals surface area contributed by atoms with Crippen LogP contribution in [0.3, 0.4) is 0 Å². The van der Waals surface area contributed by atoms with Gasteiger partial charge in [0.05, 0.1) is 15.9 Å². The van der Waals surface area contributed by atoms with Crippen molar-refractivity contribution in [2.24, 2.45) is 0 Å². The molecule has 1 atom stereocenters. The van der Waals surface area contributed by atoms with E-state index in [0.717, 1.165) is 46.9 Å². The molecule has 3 heterocycles. The summed E-state index contributed by atoms with van der Waals surface area (Å²) in [6, 6.07) is 9.50. The minimum Gasteiger partial charge on any atom is -0.370 e. The SMILES string of the molecule is Cc1ccc(C(=O)Nc2ccc3nc([C@H]4CCCO4)[nH]c3c2)s1. The maximum atomic E-state index is 12.2. The van der Waals surface area contributed by atoms with Gasteiger partial charge in [0.2, 0.25) is 0 Å². The Morgan fingerprint density at radius 2 is 2.30 bits per heavy atom. The molecule has 1 aromatic carbocycles. The van der Waals surface area contributed by atoms with Gasteiger partial charge in [0.1, 0.15) is 11.9 Å². The number of nitrogens with one attached hydrogen (secondary N) is 2. The number of carbonyl (C=O) groups is 1. The number of amides is 1. The Morgan fingerprint density at radius 3 is 3.04 bits per heavy atom. The van der Waals surface area contributed by atoms with Crippen LogP contribution in [0.4, 0.5) is 5.69 Å². The average molecular weight is 327 g/mol. The van der Waals surface area contributed by atoms with Crippen molar-refractivity contribution in [1.82, 2.24) is 9.97 Å². The van der Waals surface area contributed by atoms with Gasteiger partial charge in [-0.25, -0.2) is 4.98 Å². The number of rotatable bonds is 3. The van der Waals surface area contributed by atoms with Gasteiger partial charge in [-0.15, -0.1) is 11.3 Å². The monoisotopic (exact) mass is 327 g/mol. The van der Waals surface area contributed by atoms with Gasteiger partial charge >= 0.3 is 0 Å². The quantitative estimate of drug-likeness (QED) is 0.763. The molecule has 0 spiro atoms. The zero-order chi connectivity index (χ0) is 15.8. The molecule has 5 nitrogen and oxygen atoms in total. The number of imidazole rings is 1. The van der Waals surface area contributed by atoms with Gasteiger partial charge in [0, 0.05) is 17.2 Å². The first-order valence-corrected chi connectivity index (χ1v) is 8.50.